The summed E-state index contributed by atoms with van der Waals surface area (Å²) in [6, 6.07) is 3.10. The molecule has 0 aliphatic rings. The van der Waals surface area contributed by atoms with Crippen LogP contribution in [0.5, 0.6) is 0 Å². The van der Waals surface area contributed by atoms with Crippen molar-refractivity contribution in [2.24, 2.45) is 0 Å². The van der Waals surface area contributed by atoms with Gasteiger partial charge in [-0.05, 0) is 17.7 Å². The van der Waals surface area contributed by atoms with Gasteiger partial charge >= 0.3 is 5.97 Å². The van der Waals surface area contributed by atoms with Crippen LogP contribution in [0.4, 0.5) is 0 Å². The maximum absolute atomic E-state index is 10.8. The molecule has 0 radical (unpaired) electrons. The maximum atomic E-state index is 10.8. The van der Waals surface area contributed by atoms with Crippen molar-refractivity contribution in [1.82, 2.24) is 9.97 Å². The number of H-pyrrole nitrogens is 1. The first-order chi connectivity index (χ1) is 6.72. The predicted molar refractivity (Wildman–Crippen MR) is 49.0 cm³/mol. The van der Waals surface area contributed by atoms with E-state index in [9.17, 15) is 4.79 Å². The van der Waals surface area contributed by atoms with Crippen molar-refractivity contribution in [3.8, 4) is 0 Å². The highest BCUT2D eigenvalue weighted by Crippen LogP contribution is 2.17. The molecule has 0 aliphatic heterocycles. The highest BCUT2D eigenvalue weighted by atomic mass is 16.4. The SMILES string of the molecule is O=C(O)c1cc(CO)cc2[nH]cnc12. The number of fused-ring (bicyclic) bond motifs is 1. The van der Waals surface area contributed by atoms with E-state index in [2.05, 4.69) is 9.97 Å². The number of carboxylic acid groups (broad SMARTS) is 1. The average molecular weight is 192 g/mol. The topological polar surface area (TPSA) is 86.2 Å². The lowest BCUT2D eigenvalue weighted by Crippen LogP contribution is -1.99. The second-order valence-corrected chi connectivity index (χ2v) is 2.91. The standard InChI is InChI=1S/C9H8N2O3/c12-3-5-1-6(9(13)14)8-7(2-5)10-4-11-8/h1-2,4,12H,3H2,(H,10,11)(H,13,14). The zero-order valence-electron chi connectivity index (χ0n) is 7.19. The molecule has 5 heteroatoms. The Morgan fingerprint density at radius 2 is 2.29 bits per heavy atom. The number of aliphatic hydroxyl groups is 1. The number of aliphatic hydroxyl groups excluding tert-OH is 1. The molecule has 2 aromatic rings. The van der Waals surface area contributed by atoms with Crippen molar-refractivity contribution in [3.63, 3.8) is 0 Å². The Morgan fingerprint density at radius 3 is 2.93 bits per heavy atom. The second-order valence-electron chi connectivity index (χ2n) is 2.91. The Kier molecular flexibility index (Phi) is 1.94. The summed E-state index contributed by atoms with van der Waals surface area (Å²) in [5.41, 5.74) is 1.69. The van der Waals surface area contributed by atoms with Gasteiger partial charge in [-0.2, -0.15) is 0 Å². The summed E-state index contributed by atoms with van der Waals surface area (Å²) in [5.74, 6) is -1.04. The van der Waals surface area contributed by atoms with E-state index < -0.39 is 5.97 Å². The average Bonchev–Trinajstić information content (AvgIpc) is 2.63. The van der Waals surface area contributed by atoms with E-state index in [1.54, 1.807) is 6.07 Å². The van der Waals surface area contributed by atoms with Gasteiger partial charge in [0.15, 0.2) is 0 Å². The summed E-state index contributed by atoms with van der Waals surface area (Å²) in [4.78, 5) is 17.5. The third-order valence-electron chi connectivity index (χ3n) is 2.00. The van der Waals surface area contributed by atoms with E-state index in [1.807, 2.05) is 0 Å². The molecule has 0 atom stereocenters. The smallest absolute Gasteiger partial charge is 0.337 e. The summed E-state index contributed by atoms with van der Waals surface area (Å²) in [7, 11) is 0. The molecule has 1 aromatic carbocycles. The number of nitrogens with zero attached hydrogens (tertiary/aromatic N) is 1. The fourth-order valence-electron chi connectivity index (χ4n) is 1.36. The minimum absolute atomic E-state index is 0.104. The third kappa shape index (κ3) is 1.23. The van der Waals surface area contributed by atoms with Crippen LogP contribution in [0, 0.1) is 0 Å². The molecule has 1 aromatic heterocycles. The van der Waals surface area contributed by atoms with Gasteiger partial charge in [-0.25, -0.2) is 9.78 Å². The lowest BCUT2D eigenvalue weighted by Gasteiger charge is -2.00. The van der Waals surface area contributed by atoms with Crippen molar-refractivity contribution in [2.75, 3.05) is 0 Å². The Balaban J connectivity index is 2.76. The molecule has 14 heavy (non-hydrogen) atoms. The molecule has 72 valence electrons. The molecule has 0 unspecified atom stereocenters. The Morgan fingerprint density at radius 1 is 1.50 bits per heavy atom. The van der Waals surface area contributed by atoms with Crippen LogP contribution in [0.15, 0.2) is 18.5 Å². The molecule has 0 bridgehead atoms. The normalized spacial score (nSPS) is 10.6. The van der Waals surface area contributed by atoms with Crippen LogP contribution in [-0.2, 0) is 6.61 Å². The van der Waals surface area contributed by atoms with Gasteiger partial charge in [-0.15, -0.1) is 0 Å². The summed E-state index contributed by atoms with van der Waals surface area (Å²) < 4.78 is 0. The van der Waals surface area contributed by atoms with Crippen molar-refractivity contribution in [3.05, 3.63) is 29.6 Å². The third-order valence-corrected chi connectivity index (χ3v) is 2.00. The molecule has 0 saturated carbocycles. The molecule has 3 N–H and O–H groups in total. The molecule has 5 nitrogen and oxygen atoms in total. The highest BCUT2D eigenvalue weighted by Gasteiger charge is 2.11. The van der Waals surface area contributed by atoms with Crippen LogP contribution >= 0.6 is 0 Å². The van der Waals surface area contributed by atoms with Crippen molar-refractivity contribution in [1.29, 1.82) is 0 Å². The van der Waals surface area contributed by atoms with Crippen LogP contribution in [-0.4, -0.2) is 26.2 Å². The van der Waals surface area contributed by atoms with Crippen LogP contribution < -0.4 is 0 Å². The van der Waals surface area contributed by atoms with E-state index in [1.165, 1.54) is 12.4 Å². The largest absolute Gasteiger partial charge is 0.478 e. The van der Waals surface area contributed by atoms with E-state index >= 15 is 0 Å². The first-order valence-electron chi connectivity index (χ1n) is 4.02. The number of aromatic carboxylic acids is 1. The number of aromatic nitrogens is 2. The second kappa shape index (κ2) is 3.12. The fourth-order valence-corrected chi connectivity index (χ4v) is 1.36. The Hall–Kier alpha value is -1.88. The number of carboxylic acids is 1. The van der Waals surface area contributed by atoms with Gasteiger partial charge in [0.05, 0.1) is 24.0 Å². The maximum Gasteiger partial charge on any atom is 0.337 e. The van der Waals surface area contributed by atoms with Crippen molar-refractivity contribution >= 4 is 17.0 Å². The molecule has 0 fully saturated rings. The van der Waals surface area contributed by atoms with Gasteiger partial charge in [0, 0.05) is 0 Å². The van der Waals surface area contributed by atoms with Crippen molar-refractivity contribution in [2.45, 2.75) is 6.61 Å². The monoisotopic (exact) mass is 192 g/mol. The lowest BCUT2D eigenvalue weighted by molar-refractivity contribution is 0.0698. The number of aromatic amines is 1. The zero-order valence-corrected chi connectivity index (χ0v) is 7.19. The fraction of sp³-hybridized carbons (Fsp3) is 0.111. The van der Waals surface area contributed by atoms with Crippen LogP contribution in [0.25, 0.3) is 11.0 Å². The Bertz CT molecular complexity index is 490. The molecule has 1 heterocycles. The molecular formula is C9H8N2O3. The van der Waals surface area contributed by atoms with Gasteiger partial charge in [0.25, 0.3) is 0 Å². The van der Waals surface area contributed by atoms with Gasteiger partial charge in [-0.1, -0.05) is 0 Å². The number of carbonyl (C=O) groups is 1. The minimum atomic E-state index is -1.04. The van der Waals surface area contributed by atoms with E-state index in [0.29, 0.717) is 16.6 Å². The van der Waals surface area contributed by atoms with E-state index in [-0.39, 0.29) is 12.2 Å². The molecule has 0 spiro atoms. The number of benzene rings is 1. The quantitative estimate of drug-likeness (QED) is 0.655. The van der Waals surface area contributed by atoms with Gasteiger partial charge in [0.2, 0.25) is 0 Å². The molecule has 0 aliphatic carbocycles. The minimum Gasteiger partial charge on any atom is -0.478 e. The molecule has 0 saturated heterocycles. The predicted octanol–water partition coefficient (Wildman–Crippen LogP) is 0.753. The molecular weight excluding hydrogens is 184 g/mol. The molecule has 2 rings (SSSR count). The van der Waals surface area contributed by atoms with Gasteiger partial charge < -0.3 is 15.2 Å². The number of nitrogens with one attached hydrogen (secondary N) is 1. The van der Waals surface area contributed by atoms with E-state index in [4.69, 9.17) is 10.2 Å². The lowest BCUT2D eigenvalue weighted by atomic mass is 10.1. The number of hydrogen-bond donors (Lipinski definition) is 3. The first-order valence-corrected chi connectivity index (χ1v) is 4.02. The van der Waals surface area contributed by atoms with Gasteiger partial charge in [-0.3, -0.25) is 0 Å². The summed E-state index contributed by atoms with van der Waals surface area (Å²) in [5, 5.41) is 17.8. The van der Waals surface area contributed by atoms with Crippen LogP contribution in [0.3, 0.4) is 0 Å². The summed E-state index contributed by atoms with van der Waals surface area (Å²) in [6.45, 7) is -0.185. The Labute approximate surface area is 79.0 Å². The van der Waals surface area contributed by atoms with E-state index in [0.717, 1.165) is 0 Å². The zero-order chi connectivity index (χ0) is 10.1. The summed E-state index contributed by atoms with van der Waals surface area (Å²) >= 11 is 0. The molecule has 0 amide bonds. The van der Waals surface area contributed by atoms with Crippen molar-refractivity contribution < 1.29 is 15.0 Å². The van der Waals surface area contributed by atoms with Gasteiger partial charge in [0.1, 0.15) is 5.52 Å². The number of imidazole rings is 1. The van der Waals surface area contributed by atoms with Crippen LogP contribution in [0.2, 0.25) is 0 Å². The first kappa shape index (κ1) is 8.71. The highest BCUT2D eigenvalue weighted by molar-refractivity contribution is 6.01. The van der Waals surface area contributed by atoms with Crippen LogP contribution in [0.1, 0.15) is 15.9 Å². The number of hydrogen-bond acceptors (Lipinski definition) is 3. The number of rotatable bonds is 2. The summed E-state index contributed by atoms with van der Waals surface area (Å²) in [6.07, 6.45) is 1.43.